The molecule has 0 aliphatic rings. The topological polar surface area (TPSA) is 99.3 Å². The van der Waals surface area contributed by atoms with Crippen LogP contribution in [0.4, 0.5) is 11.4 Å². The van der Waals surface area contributed by atoms with E-state index in [1.165, 1.54) is 25.3 Å². The molecule has 0 bridgehead atoms. The highest BCUT2D eigenvalue weighted by atomic mass is 16.6. The number of anilines is 1. The molecule has 22 heavy (non-hydrogen) atoms. The largest absolute Gasteiger partial charge is 0.496 e. The van der Waals surface area contributed by atoms with Gasteiger partial charge in [-0.25, -0.2) is 0 Å². The summed E-state index contributed by atoms with van der Waals surface area (Å²) in [6.45, 7) is 3.51. The SMILES string of the molecule is COc1cc(NC(=O)c2c(C)nn(C)c2C)cc([N+](=O)[O-])c1. The van der Waals surface area contributed by atoms with E-state index in [1.54, 1.807) is 25.6 Å². The third-order valence-electron chi connectivity index (χ3n) is 3.33. The molecule has 116 valence electrons. The Kier molecular flexibility index (Phi) is 4.11. The molecule has 2 aromatic rings. The zero-order chi connectivity index (χ0) is 16.4. The van der Waals surface area contributed by atoms with Crippen LogP contribution in [0, 0.1) is 24.0 Å². The number of aryl methyl sites for hydroxylation is 2. The number of hydrogen-bond acceptors (Lipinski definition) is 5. The smallest absolute Gasteiger partial charge is 0.275 e. The minimum atomic E-state index is -0.543. The third kappa shape index (κ3) is 2.90. The van der Waals surface area contributed by atoms with E-state index in [9.17, 15) is 14.9 Å². The number of nitrogens with zero attached hydrogens (tertiary/aromatic N) is 3. The molecule has 0 aliphatic heterocycles. The van der Waals surface area contributed by atoms with Gasteiger partial charge in [0.25, 0.3) is 11.6 Å². The summed E-state index contributed by atoms with van der Waals surface area (Å²) in [7, 11) is 3.15. The number of nitrogens with one attached hydrogen (secondary N) is 1. The summed E-state index contributed by atoms with van der Waals surface area (Å²) in [5, 5.41) is 17.7. The van der Waals surface area contributed by atoms with Crippen molar-refractivity contribution in [3.63, 3.8) is 0 Å². The van der Waals surface area contributed by atoms with Crippen LogP contribution in [0.1, 0.15) is 21.7 Å². The molecule has 2 rings (SSSR count). The number of rotatable bonds is 4. The van der Waals surface area contributed by atoms with E-state index < -0.39 is 4.92 Å². The third-order valence-corrected chi connectivity index (χ3v) is 3.33. The van der Waals surface area contributed by atoms with E-state index in [0.717, 1.165) is 0 Å². The van der Waals surface area contributed by atoms with Crippen LogP contribution in [-0.4, -0.2) is 27.7 Å². The fourth-order valence-electron chi connectivity index (χ4n) is 2.17. The number of carbonyl (C=O) groups is 1. The van der Waals surface area contributed by atoms with E-state index in [0.29, 0.717) is 28.4 Å². The summed E-state index contributed by atoms with van der Waals surface area (Å²) < 4.78 is 6.62. The lowest BCUT2D eigenvalue weighted by Gasteiger charge is -2.08. The van der Waals surface area contributed by atoms with Crippen LogP contribution in [0.25, 0.3) is 0 Å². The predicted octanol–water partition coefficient (Wildman–Crippen LogP) is 2.21. The van der Waals surface area contributed by atoms with Crippen molar-refractivity contribution >= 4 is 17.3 Å². The number of carbonyl (C=O) groups excluding carboxylic acids is 1. The molecule has 0 saturated heterocycles. The van der Waals surface area contributed by atoms with Crippen molar-refractivity contribution in [2.75, 3.05) is 12.4 Å². The number of benzene rings is 1. The van der Waals surface area contributed by atoms with E-state index in [1.807, 2.05) is 0 Å². The van der Waals surface area contributed by atoms with E-state index >= 15 is 0 Å². The van der Waals surface area contributed by atoms with Gasteiger partial charge in [0.15, 0.2) is 0 Å². The first-order chi connectivity index (χ1) is 10.3. The Morgan fingerprint density at radius 2 is 2.05 bits per heavy atom. The quantitative estimate of drug-likeness (QED) is 0.689. The highest BCUT2D eigenvalue weighted by Gasteiger charge is 2.19. The van der Waals surface area contributed by atoms with Crippen LogP contribution in [0.3, 0.4) is 0 Å². The first-order valence-electron chi connectivity index (χ1n) is 6.48. The highest BCUT2D eigenvalue weighted by molar-refractivity contribution is 6.06. The summed E-state index contributed by atoms with van der Waals surface area (Å²) in [6, 6.07) is 4.09. The molecular formula is C14H16N4O4. The Bertz CT molecular complexity index is 752. The van der Waals surface area contributed by atoms with E-state index in [4.69, 9.17) is 4.74 Å². The number of methoxy groups -OCH3 is 1. The number of amides is 1. The second-order valence-electron chi connectivity index (χ2n) is 4.80. The van der Waals surface area contributed by atoms with Crippen LogP contribution >= 0.6 is 0 Å². The molecule has 1 amide bonds. The standard InChI is InChI=1S/C14H16N4O4/c1-8-13(9(2)17(3)16-8)14(19)15-10-5-11(18(20)21)7-12(6-10)22-4/h5-7H,1-4H3,(H,15,19). The maximum absolute atomic E-state index is 12.4. The van der Waals surface area contributed by atoms with Crippen molar-refractivity contribution in [2.24, 2.45) is 7.05 Å². The van der Waals surface area contributed by atoms with Gasteiger partial charge in [-0.1, -0.05) is 0 Å². The van der Waals surface area contributed by atoms with Crippen molar-refractivity contribution in [1.29, 1.82) is 0 Å². The Balaban J connectivity index is 2.36. The van der Waals surface area contributed by atoms with Gasteiger partial charge in [0.05, 0.1) is 35.0 Å². The first-order valence-corrected chi connectivity index (χ1v) is 6.48. The number of nitro groups is 1. The minimum Gasteiger partial charge on any atom is -0.496 e. The van der Waals surface area contributed by atoms with Gasteiger partial charge < -0.3 is 10.1 Å². The average Bonchev–Trinajstić information content (AvgIpc) is 2.71. The second-order valence-corrected chi connectivity index (χ2v) is 4.80. The van der Waals surface area contributed by atoms with Gasteiger partial charge in [-0.15, -0.1) is 0 Å². The molecule has 0 aliphatic carbocycles. The lowest BCUT2D eigenvalue weighted by Crippen LogP contribution is -2.14. The molecule has 0 radical (unpaired) electrons. The number of ether oxygens (including phenoxy) is 1. The van der Waals surface area contributed by atoms with Gasteiger partial charge in [-0.2, -0.15) is 5.10 Å². The predicted molar refractivity (Wildman–Crippen MR) is 80.3 cm³/mol. The maximum Gasteiger partial charge on any atom is 0.275 e. The molecule has 1 N–H and O–H groups in total. The number of aromatic nitrogens is 2. The van der Waals surface area contributed by atoms with Crippen LogP contribution in [0.2, 0.25) is 0 Å². The second kappa shape index (κ2) is 5.84. The molecule has 0 unspecified atom stereocenters. The molecule has 0 fully saturated rings. The summed E-state index contributed by atoms with van der Waals surface area (Å²) in [6.07, 6.45) is 0. The Hall–Kier alpha value is -2.90. The summed E-state index contributed by atoms with van der Waals surface area (Å²) in [5.41, 5.74) is 1.89. The molecule has 1 aromatic carbocycles. The Morgan fingerprint density at radius 1 is 1.36 bits per heavy atom. The van der Waals surface area contributed by atoms with E-state index in [-0.39, 0.29) is 11.6 Å². The Morgan fingerprint density at radius 3 is 2.55 bits per heavy atom. The fourth-order valence-corrected chi connectivity index (χ4v) is 2.17. The molecular weight excluding hydrogens is 288 g/mol. The Labute approximate surface area is 126 Å². The van der Waals surface area contributed by atoms with Gasteiger partial charge in [0, 0.05) is 24.9 Å². The summed E-state index contributed by atoms with van der Waals surface area (Å²) >= 11 is 0. The van der Waals surface area contributed by atoms with Gasteiger partial charge in [-0.05, 0) is 13.8 Å². The average molecular weight is 304 g/mol. The van der Waals surface area contributed by atoms with Gasteiger partial charge in [0.1, 0.15) is 5.75 Å². The lowest BCUT2D eigenvalue weighted by atomic mass is 10.1. The van der Waals surface area contributed by atoms with E-state index in [2.05, 4.69) is 10.4 Å². The number of hydrogen-bond donors (Lipinski definition) is 1. The molecule has 8 heteroatoms. The highest BCUT2D eigenvalue weighted by Crippen LogP contribution is 2.26. The summed E-state index contributed by atoms with van der Waals surface area (Å²) in [5.74, 6) is -0.0743. The van der Waals surface area contributed by atoms with Gasteiger partial charge >= 0.3 is 0 Å². The molecule has 0 atom stereocenters. The molecule has 0 saturated carbocycles. The maximum atomic E-state index is 12.4. The molecule has 1 aromatic heterocycles. The minimum absolute atomic E-state index is 0.158. The van der Waals surface area contributed by atoms with Crippen molar-refractivity contribution in [3.05, 3.63) is 45.3 Å². The first kappa shape index (κ1) is 15.5. The van der Waals surface area contributed by atoms with Crippen molar-refractivity contribution in [2.45, 2.75) is 13.8 Å². The van der Waals surface area contributed by atoms with Crippen LogP contribution in [0.15, 0.2) is 18.2 Å². The lowest BCUT2D eigenvalue weighted by molar-refractivity contribution is -0.384. The normalized spacial score (nSPS) is 10.4. The zero-order valence-corrected chi connectivity index (χ0v) is 12.7. The van der Waals surface area contributed by atoms with Crippen LogP contribution in [-0.2, 0) is 7.05 Å². The summed E-state index contributed by atoms with van der Waals surface area (Å²) in [4.78, 5) is 22.7. The van der Waals surface area contributed by atoms with Crippen molar-refractivity contribution in [1.82, 2.24) is 9.78 Å². The van der Waals surface area contributed by atoms with Crippen LogP contribution in [0.5, 0.6) is 5.75 Å². The van der Waals surface area contributed by atoms with Gasteiger partial charge in [0.2, 0.25) is 0 Å². The van der Waals surface area contributed by atoms with Crippen molar-refractivity contribution < 1.29 is 14.5 Å². The fraction of sp³-hybridized carbons (Fsp3) is 0.286. The number of non-ortho nitro benzene ring substituents is 1. The van der Waals surface area contributed by atoms with Crippen LogP contribution < -0.4 is 10.1 Å². The molecule has 1 heterocycles. The zero-order valence-electron chi connectivity index (χ0n) is 12.7. The monoisotopic (exact) mass is 304 g/mol. The van der Waals surface area contributed by atoms with Gasteiger partial charge in [-0.3, -0.25) is 19.6 Å². The van der Waals surface area contributed by atoms with Crippen molar-refractivity contribution in [3.8, 4) is 5.75 Å². The number of nitro benzene ring substituents is 1. The molecule has 0 spiro atoms. The molecule has 8 nitrogen and oxygen atoms in total.